The molecule has 0 aliphatic heterocycles. The molecule has 2 aromatic carbocycles. The monoisotopic (exact) mass is 236 g/mol. The van der Waals surface area contributed by atoms with E-state index in [9.17, 15) is 0 Å². The first-order chi connectivity index (χ1) is 7.45. The first-order valence-electron chi connectivity index (χ1n) is 4.81. The maximum atomic E-state index is 2.23. The quantitative estimate of drug-likeness (QED) is 0.703. The van der Waals surface area contributed by atoms with Crippen LogP contribution in [-0.4, -0.2) is 9.84 Å². The average Bonchev–Trinajstić information content (AvgIpc) is 2.32. The van der Waals surface area contributed by atoms with Crippen LogP contribution in [0.3, 0.4) is 0 Å². The summed E-state index contributed by atoms with van der Waals surface area (Å²) in [5.74, 6) is 0. The van der Waals surface area contributed by atoms with Crippen LogP contribution in [0.4, 0.5) is 0 Å². The van der Waals surface area contributed by atoms with Gasteiger partial charge in [-0.25, -0.2) is 0 Å². The van der Waals surface area contributed by atoms with Gasteiger partial charge in [0.1, 0.15) is 0 Å². The van der Waals surface area contributed by atoms with E-state index in [1.54, 1.807) is 0 Å². The van der Waals surface area contributed by atoms with Crippen LogP contribution in [0, 0.1) is 0 Å². The molecule has 0 amide bonds. The molecule has 0 aromatic heterocycles. The Morgan fingerprint density at radius 3 is 1.40 bits per heavy atom. The van der Waals surface area contributed by atoms with Crippen molar-refractivity contribution in [3.63, 3.8) is 0 Å². The van der Waals surface area contributed by atoms with E-state index in [0.29, 0.717) is 0 Å². The van der Waals surface area contributed by atoms with Crippen molar-refractivity contribution in [1.82, 2.24) is 0 Å². The van der Waals surface area contributed by atoms with E-state index in [1.165, 1.54) is 11.1 Å². The first kappa shape index (κ1) is 10.2. The van der Waals surface area contributed by atoms with Crippen LogP contribution in [0.5, 0.6) is 0 Å². The minimum absolute atomic E-state index is 0.980. The van der Waals surface area contributed by atoms with Crippen LogP contribution in [0.25, 0.3) is 0 Å². The van der Waals surface area contributed by atoms with Crippen molar-refractivity contribution in [3.8, 4) is 0 Å². The Balaban J connectivity index is 2.16. The van der Waals surface area contributed by atoms with Crippen LogP contribution in [0.15, 0.2) is 60.7 Å². The van der Waals surface area contributed by atoms with Crippen molar-refractivity contribution in [2.75, 3.05) is 0 Å². The number of hydrogen-bond acceptors (Lipinski definition) is 0. The summed E-state index contributed by atoms with van der Waals surface area (Å²) in [6.45, 7) is 0. The molecule has 1 heteroatoms. The molecule has 0 bridgehead atoms. The Bertz CT molecular complexity index is 422. The molecular formula is C14H12Fe. The second kappa shape index (κ2) is 5.55. The standard InChI is InChI=1S/2C7H6.Fe/c2*1-7-5-3-2-4-6-7;/h2*1-6H;. The summed E-state index contributed by atoms with van der Waals surface area (Å²) >= 11 is 0.980. The van der Waals surface area contributed by atoms with E-state index in [1.807, 2.05) is 12.1 Å². The summed E-state index contributed by atoms with van der Waals surface area (Å²) < 4.78 is 0. The predicted octanol–water partition coefficient (Wildman–Crippen LogP) is 2.77. The fourth-order valence-corrected chi connectivity index (χ4v) is 2.15. The van der Waals surface area contributed by atoms with E-state index in [2.05, 4.69) is 58.4 Å². The summed E-state index contributed by atoms with van der Waals surface area (Å²) in [5, 5.41) is 0. The topological polar surface area (TPSA) is 0 Å². The van der Waals surface area contributed by atoms with E-state index in [4.69, 9.17) is 0 Å². The third-order valence-corrected chi connectivity index (χ3v) is 3.06. The van der Waals surface area contributed by atoms with Crippen molar-refractivity contribution in [3.05, 3.63) is 71.8 Å². The van der Waals surface area contributed by atoms with Gasteiger partial charge in [0.15, 0.2) is 0 Å². The van der Waals surface area contributed by atoms with E-state index in [0.717, 1.165) is 14.1 Å². The summed E-state index contributed by atoms with van der Waals surface area (Å²) in [6, 6.07) is 20.8. The SMILES string of the molecule is [CH](=[Fe]=[CH]c1ccccc1)c1ccccc1. The first-order valence-corrected chi connectivity index (χ1v) is 6.08. The molecule has 2 rings (SSSR count). The average molecular weight is 236 g/mol. The zero-order valence-electron chi connectivity index (χ0n) is 8.28. The fraction of sp³-hybridized carbons (Fsp3) is 0. The second-order valence-electron chi connectivity index (χ2n) is 3.14. The van der Waals surface area contributed by atoms with Crippen LogP contribution >= 0.6 is 0 Å². The molecule has 0 aliphatic rings. The van der Waals surface area contributed by atoms with Gasteiger partial charge in [-0.1, -0.05) is 0 Å². The second-order valence-corrected chi connectivity index (χ2v) is 4.15. The van der Waals surface area contributed by atoms with E-state index >= 15 is 0 Å². The zero-order valence-corrected chi connectivity index (χ0v) is 9.39. The van der Waals surface area contributed by atoms with E-state index in [-0.39, 0.29) is 0 Å². The Morgan fingerprint density at radius 2 is 1.00 bits per heavy atom. The van der Waals surface area contributed by atoms with Gasteiger partial charge in [0.05, 0.1) is 0 Å². The van der Waals surface area contributed by atoms with Crippen LogP contribution in [-0.2, 0) is 14.1 Å². The summed E-state index contributed by atoms with van der Waals surface area (Å²) in [6.07, 6.45) is 0. The molecule has 0 nitrogen and oxygen atoms in total. The Labute approximate surface area is 95.8 Å². The number of hydrogen-bond donors (Lipinski definition) is 0. The van der Waals surface area contributed by atoms with Crippen molar-refractivity contribution >= 4 is 9.84 Å². The molecule has 0 unspecified atom stereocenters. The molecule has 2 aromatic rings. The Hall–Kier alpha value is -1.30. The molecule has 0 fully saturated rings. The molecule has 0 atom stereocenters. The van der Waals surface area contributed by atoms with Gasteiger partial charge >= 0.3 is 95.7 Å². The molecule has 0 N–H and O–H groups in total. The third-order valence-electron chi connectivity index (χ3n) is 1.95. The molecule has 76 valence electrons. The minimum atomic E-state index is 0.980. The Morgan fingerprint density at radius 1 is 0.600 bits per heavy atom. The van der Waals surface area contributed by atoms with Gasteiger partial charge in [0, 0.05) is 0 Å². The van der Waals surface area contributed by atoms with E-state index < -0.39 is 0 Å². The van der Waals surface area contributed by atoms with Gasteiger partial charge in [0.2, 0.25) is 0 Å². The van der Waals surface area contributed by atoms with Crippen molar-refractivity contribution in [1.29, 1.82) is 0 Å². The van der Waals surface area contributed by atoms with Gasteiger partial charge in [-0.2, -0.15) is 0 Å². The van der Waals surface area contributed by atoms with Gasteiger partial charge < -0.3 is 0 Å². The molecule has 0 saturated carbocycles. The summed E-state index contributed by atoms with van der Waals surface area (Å²) in [7, 11) is 0. The van der Waals surface area contributed by atoms with Crippen LogP contribution in [0.1, 0.15) is 11.1 Å². The zero-order chi connectivity index (χ0) is 10.3. The van der Waals surface area contributed by atoms with Crippen molar-refractivity contribution in [2.45, 2.75) is 0 Å². The number of rotatable bonds is 2. The van der Waals surface area contributed by atoms with Gasteiger partial charge in [-0.05, 0) is 0 Å². The third kappa shape index (κ3) is 3.39. The van der Waals surface area contributed by atoms with Crippen LogP contribution in [0.2, 0.25) is 0 Å². The predicted molar refractivity (Wildman–Crippen MR) is 63.2 cm³/mol. The molecule has 0 spiro atoms. The van der Waals surface area contributed by atoms with Gasteiger partial charge in [-0.3, -0.25) is 0 Å². The normalized spacial score (nSPS) is 9.60. The molecule has 0 aliphatic carbocycles. The maximum absolute atomic E-state index is 2.23. The Kier molecular flexibility index (Phi) is 3.78. The molecule has 15 heavy (non-hydrogen) atoms. The van der Waals surface area contributed by atoms with Gasteiger partial charge in [-0.15, -0.1) is 0 Å². The van der Waals surface area contributed by atoms with Crippen molar-refractivity contribution in [2.24, 2.45) is 0 Å². The van der Waals surface area contributed by atoms with Crippen LogP contribution < -0.4 is 0 Å². The molecule has 0 radical (unpaired) electrons. The molecule has 0 heterocycles. The van der Waals surface area contributed by atoms with Gasteiger partial charge in [0.25, 0.3) is 0 Å². The summed E-state index contributed by atoms with van der Waals surface area (Å²) in [5.41, 5.74) is 2.56. The summed E-state index contributed by atoms with van der Waals surface area (Å²) in [4.78, 5) is 4.46. The molecule has 0 saturated heterocycles. The molecular weight excluding hydrogens is 224 g/mol. The fourth-order valence-electron chi connectivity index (χ4n) is 1.21. The van der Waals surface area contributed by atoms with Crippen molar-refractivity contribution < 1.29 is 14.1 Å². The number of benzene rings is 2.